The summed E-state index contributed by atoms with van der Waals surface area (Å²) in [5.41, 5.74) is 4.05. The smallest absolute Gasteiger partial charge is 0.269 e. The Morgan fingerprint density at radius 1 is 1.12 bits per heavy atom. The quantitative estimate of drug-likeness (QED) is 0.726. The van der Waals surface area contributed by atoms with Gasteiger partial charge in [0.1, 0.15) is 5.69 Å². The third-order valence-corrected chi connectivity index (χ3v) is 4.79. The summed E-state index contributed by atoms with van der Waals surface area (Å²) in [7, 11) is 0. The second-order valence-electron chi connectivity index (χ2n) is 6.60. The summed E-state index contributed by atoms with van der Waals surface area (Å²) < 4.78 is 0. The maximum absolute atomic E-state index is 12.3. The van der Waals surface area contributed by atoms with Gasteiger partial charge in [0, 0.05) is 18.8 Å². The highest BCUT2D eigenvalue weighted by Crippen LogP contribution is 2.24. The standard InChI is InChI=1S/C22H27N3O/c1-2-25(19-11-7-4-8-12-19)20-13-14-21(24-17-20)22(26)23-16-15-18-9-5-3-6-10-18/h4,7-9,11-14,17H,2-3,5-6,10,15-16H2,1H3,(H,23,26). The molecule has 0 atom stereocenters. The number of para-hydroxylation sites is 1. The summed E-state index contributed by atoms with van der Waals surface area (Å²) in [6.07, 6.45) is 9.97. The van der Waals surface area contributed by atoms with E-state index in [1.165, 1.54) is 31.3 Å². The van der Waals surface area contributed by atoms with Crippen molar-refractivity contribution in [3.05, 3.63) is 66.0 Å². The number of nitrogens with one attached hydrogen (secondary N) is 1. The molecule has 3 rings (SSSR count). The molecule has 26 heavy (non-hydrogen) atoms. The fourth-order valence-corrected chi connectivity index (χ4v) is 3.36. The zero-order valence-electron chi connectivity index (χ0n) is 15.4. The first kappa shape index (κ1) is 18.2. The van der Waals surface area contributed by atoms with E-state index < -0.39 is 0 Å². The van der Waals surface area contributed by atoms with Crippen LogP contribution in [0.4, 0.5) is 11.4 Å². The monoisotopic (exact) mass is 349 g/mol. The predicted octanol–water partition coefficient (Wildman–Crippen LogP) is 4.86. The number of nitrogens with zero attached hydrogens (tertiary/aromatic N) is 2. The lowest BCUT2D eigenvalue weighted by Crippen LogP contribution is -2.26. The van der Waals surface area contributed by atoms with E-state index in [1.807, 2.05) is 24.3 Å². The highest BCUT2D eigenvalue weighted by atomic mass is 16.1. The second-order valence-corrected chi connectivity index (χ2v) is 6.60. The second kappa shape index (κ2) is 9.18. The van der Waals surface area contributed by atoms with Crippen molar-refractivity contribution in [1.29, 1.82) is 0 Å². The average molecular weight is 349 g/mol. The van der Waals surface area contributed by atoms with Crippen LogP contribution in [0.2, 0.25) is 0 Å². The maximum Gasteiger partial charge on any atom is 0.269 e. The van der Waals surface area contributed by atoms with Gasteiger partial charge in [0.05, 0.1) is 11.9 Å². The van der Waals surface area contributed by atoms with E-state index in [0.717, 1.165) is 24.3 Å². The largest absolute Gasteiger partial charge is 0.350 e. The third kappa shape index (κ3) is 4.72. The van der Waals surface area contributed by atoms with Gasteiger partial charge in [-0.05, 0) is 63.3 Å². The van der Waals surface area contributed by atoms with Gasteiger partial charge >= 0.3 is 0 Å². The van der Waals surface area contributed by atoms with Crippen LogP contribution < -0.4 is 10.2 Å². The minimum Gasteiger partial charge on any atom is -0.350 e. The summed E-state index contributed by atoms with van der Waals surface area (Å²) in [6.45, 7) is 3.62. The highest BCUT2D eigenvalue weighted by Gasteiger charge is 2.11. The van der Waals surface area contributed by atoms with Gasteiger partial charge in [-0.3, -0.25) is 4.79 Å². The molecule has 1 aromatic heterocycles. The first-order chi connectivity index (χ1) is 12.8. The molecule has 0 saturated heterocycles. The van der Waals surface area contributed by atoms with Crippen molar-refractivity contribution in [2.24, 2.45) is 0 Å². The summed E-state index contributed by atoms with van der Waals surface area (Å²) in [4.78, 5) is 18.8. The molecule has 4 heteroatoms. The van der Waals surface area contributed by atoms with E-state index in [4.69, 9.17) is 0 Å². The zero-order valence-corrected chi connectivity index (χ0v) is 15.4. The number of rotatable bonds is 7. The number of carbonyl (C=O) groups is 1. The highest BCUT2D eigenvalue weighted by molar-refractivity contribution is 5.92. The van der Waals surface area contributed by atoms with Gasteiger partial charge in [-0.1, -0.05) is 29.8 Å². The number of pyridine rings is 1. The number of carbonyl (C=O) groups excluding carboxylic acids is 1. The molecule has 2 aromatic rings. The van der Waals surface area contributed by atoms with Gasteiger partial charge in [0.2, 0.25) is 0 Å². The molecule has 1 aliphatic carbocycles. The van der Waals surface area contributed by atoms with Gasteiger partial charge in [-0.25, -0.2) is 4.98 Å². The molecule has 1 amide bonds. The van der Waals surface area contributed by atoms with E-state index >= 15 is 0 Å². The van der Waals surface area contributed by atoms with Gasteiger partial charge in [-0.15, -0.1) is 0 Å². The van der Waals surface area contributed by atoms with Crippen LogP contribution in [0.15, 0.2) is 60.3 Å². The van der Waals surface area contributed by atoms with Crippen molar-refractivity contribution < 1.29 is 4.79 Å². The topological polar surface area (TPSA) is 45.2 Å². The van der Waals surface area contributed by atoms with E-state index in [9.17, 15) is 4.79 Å². The van der Waals surface area contributed by atoms with Crippen molar-refractivity contribution >= 4 is 17.3 Å². The Bertz CT molecular complexity index is 738. The summed E-state index contributed by atoms with van der Waals surface area (Å²) in [5.74, 6) is -0.101. The van der Waals surface area contributed by atoms with Crippen molar-refractivity contribution in [2.45, 2.75) is 39.0 Å². The van der Waals surface area contributed by atoms with Gasteiger partial charge in [0.15, 0.2) is 0 Å². The lowest BCUT2D eigenvalue weighted by molar-refractivity contribution is 0.0949. The Morgan fingerprint density at radius 3 is 2.62 bits per heavy atom. The fraction of sp³-hybridized carbons (Fsp3) is 0.364. The Morgan fingerprint density at radius 2 is 1.96 bits per heavy atom. The molecule has 136 valence electrons. The minimum absolute atomic E-state index is 0.101. The van der Waals surface area contributed by atoms with E-state index in [2.05, 4.69) is 40.3 Å². The van der Waals surface area contributed by atoms with Gasteiger partial charge in [0.25, 0.3) is 5.91 Å². The van der Waals surface area contributed by atoms with Crippen LogP contribution in [0.25, 0.3) is 0 Å². The number of benzene rings is 1. The SMILES string of the molecule is CCN(c1ccccc1)c1ccc(C(=O)NCCC2=CCCCC2)nc1. The van der Waals surface area contributed by atoms with E-state index in [0.29, 0.717) is 12.2 Å². The molecule has 0 aliphatic heterocycles. The zero-order chi connectivity index (χ0) is 18.2. The number of hydrogen-bond acceptors (Lipinski definition) is 3. The van der Waals surface area contributed by atoms with Crippen LogP contribution in [-0.4, -0.2) is 24.0 Å². The Kier molecular flexibility index (Phi) is 6.42. The van der Waals surface area contributed by atoms with Crippen LogP contribution in [0.3, 0.4) is 0 Å². The molecule has 1 aromatic carbocycles. The molecule has 0 unspecified atom stereocenters. The molecule has 4 nitrogen and oxygen atoms in total. The Labute approximate surface area is 155 Å². The summed E-state index contributed by atoms with van der Waals surface area (Å²) in [6, 6.07) is 14.0. The molecular weight excluding hydrogens is 322 g/mol. The number of hydrogen-bond donors (Lipinski definition) is 1. The van der Waals surface area contributed by atoms with Crippen molar-refractivity contribution in [2.75, 3.05) is 18.0 Å². The lowest BCUT2D eigenvalue weighted by atomic mass is 9.97. The van der Waals surface area contributed by atoms with Crippen LogP contribution >= 0.6 is 0 Å². The minimum atomic E-state index is -0.101. The Balaban J connectivity index is 1.57. The lowest BCUT2D eigenvalue weighted by Gasteiger charge is -2.23. The number of aromatic nitrogens is 1. The van der Waals surface area contributed by atoms with Crippen LogP contribution in [0.1, 0.15) is 49.5 Å². The molecule has 0 bridgehead atoms. The number of amides is 1. The molecule has 0 spiro atoms. The molecule has 1 heterocycles. The summed E-state index contributed by atoms with van der Waals surface area (Å²) >= 11 is 0. The molecule has 0 radical (unpaired) electrons. The van der Waals surface area contributed by atoms with E-state index in [-0.39, 0.29) is 5.91 Å². The molecule has 0 fully saturated rings. The molecule has 1 N–H and O–H groups in total. The molecule has 0 saturated carbocycles. The first-order valence-electron chi connectivity index (χ1n) is 9.52. The van der Waals surface area contributed by atoms with Crippen molar-refractivity contribution in [3.8, 4) is 0 Å². The number of anilines is 2. The van der Waals surface area contributed by atoms with Crippen molar-refractivity contribution in [1.82, 2.24) is 10.3 Å². The third-order valence-electron chi connectivity index (χ3n) is 4.79. The predicted molar refractivity (Wildman–Crippen MR) is 107 cm³/mol. The molecule has 1 aliphatic rings. The van der Waals surface area contributed by atoms with Crippen LogP contribution in [-0.2, 0) is 0 Å². The van der Waals surface area contributed by atoms with Crippen LogP contribution in [0.5, 0.6) is 0 Å². The van der Waals surface area contributed by atoms with Crippen molar-refractivity contribution in [3.63, 3.8) is 0 Å². The Hall–Kier alpha value is -2.62. The average Bonchev–Trinajstić information content (AvgIpc) is 2.71. The fourth-order valence-electron chi connectivity index (χ4n) is 3.36. The van der Waals surface area contributed by atoms with Gasteiger partial charge in [-0.2, -0.15) is 0 Å². The van der Waals surface area contributed by atoms with Gasteiger partial charge < -0.3 is 10.2 Å². The molecular formula is C22H27N3O. The normalized spacial score (nSPS) is 13.8. The maximum atomic E-state index is 12.3. The van der Waals surface area contributed by atoms with E-state index in [1.54, 1.807) is 12.3 Å². The summed E-state index contributed by atoms with van der Waals surface area (Å²) in [5, 5.41) is 2.98. The number of allylic oxidation sites excluding steroid dienone is 1. The first-order valence-corrected chi connectivity index (χ1v) is 9.52. The van der Waals surface area contributed by atoms with Crippen LogP contribution in [0, 0.1) is 0 Å².